The predicted molar refractivity (Wildman–Crippen MR) is 103 cm³/mol. The lowest BCUT2D eigenvalue weighted by Crippen LogP contribution is -2.56. The molecule has 0 saturated carbocycles. The first-order valence-corrected chi connectivity index (χ1v) is 9.85. The van der Waals surface area contributed by atoms with E-state index in [2.05, 4.69) is 21.3 Å². The summed E-state index contributed by atoms with van der Waals surface area (Å²) in [6, 6.07) is 8.20. The fourth-order valence-electron chi connectivity index (χ4n) is 4.02. The van der Waals surface area contributed by atoms with Gasteiger partial charge in [0.05, 0.1) is 6.54 Å². The first-order chi connectivity index (χ1) is 13.2. The number of guanidine groups is 1. The maximum Gasteiger partial charge on any atom is 0.251 e. The number of hydrogen-bond donors (Lipinski definition) is 1. The van der Waals surface area contributed by atoms with Crippen molar-refractivity contribution in [1.29, 1.82) is 0 Å². The Morgan fingerprint density at radius 1 is 1.22 bits per heavy atom. The molecule has 2 fully saturated rings. The second-order valence-electron chi connectivity index (χ2n) is 7.29. The van der Waals surface area contributed by atoms with Gasteiger partial charge in [0.1, 0.15) is 18.0 Å². The van der Waals surface area contributed by atoms with Crippen LogP contribution in [0.15, 0.2) is 29.3 Å². The van der Waals surface area contributed by atoms with E-state index in [1.165, 1.54) is 5.56 Å². The quantitative estimate of drug-likeness (QED) is 0.631. The van der Waals surface area contributed by atoms with E-state index in [0.29, 0.717) is 19.7 Å². The Hall–Kier alpha value is -2.28. The van der Waals surface area contributed by atoms with Crippen LogP contribution in [0.2, 0.25) is 0 Å². The minimum atomic E-state index is -0.227. The summed E-state index contributed by atoms with van der Waals surface area (Å²) in [5.41, 5.74) is 1.26. The maximum absolute atomic E-state index is 12.5. The van der Waals surface area contributed by atoms with E-state index < -0.39 is 0 Å². The molecule has 1 amide bonds. The lowest BCUT2D eigenvalue weighted by molar-refractivity contribution is -0.142. The largest absolute Gasteiger partial charge is 0.488 e. The molecule has 7 nitrogen and oxygen atoms in total. The molecular formula is C20H28N4O3. The normalized spacial score (nSPS) is 25.3. The Bertz CT molecular complexity index is 669. The highest BCUT2D eigenvalue weighted by molar-refractivity contribution is 5.82. The summed E-state index contributed by atoms with van der Waals surface area (Å²) in [6.07, 6.45) is 2.66. The predicted octanol–water partition coefficient (Wildman–Crippen LogP) is 0.889. The van der Waals surface area contributed by atoms with Gasteiger partial charge in [-0.3, -0.25) is 9.79 Å². The number of hydrogen-bond acceptors (Lipinski definition) is 4. The van der Waals surface area contributed by atoms with Crippen LogP contribution in [0, 0.1) is 0 Å². The molecule has 3 heterocycles. The van der Waals surface area contributed by atoms with Crippen molar-refractivity contribution in [3.05, 3.63) is 29.8 Å². The van der Waals surface area contributed by atoms with Gasteiger partial charge in [-0.2, -0.15) is 0 Å². The highest BCUT2D eigenvalue weighted by Gasteiger charge is 2.31. The van der Waals surface area contributed by atoms with Gasteiger partial charge in [0, 0.05) is 46.3 Å². The Balaban J connectivity index is 1.24. The minimum Gasteiger partial charge on any atom is -0.488 e. The fourth-order valence-corrected chi connectivity index (χ4v) is 4.02. The Morgan fingerprint density at radius 2 is 2.00 bits per heavy atom. The number of carbonyl (C=O) groups is 1. The SMILES string of the molecule is CN=C(NCC1Cc2ccccc2O1)N1CCN(C(=O)C2CCCO2)CC1. The van der Waals surface area contributed by atoms with Crippen molar-refractivity contribution in [3.8, 4) is 5.75 Å². The summed E-state index contributed by atoms with van der Waals surface area (Å²) in [7, 11) is 1.80. The van der Waals surface area contributed by atoms with Crippen molar-refractivity contribution in [2.45, 2.75) is 31.5 Å². The third kappa shape index (κ3) is 4.03. The van der Waals surface area contributed by atoms with Crippen molar-refractivity contribution in [3.63, 3.8) is 0 Å². The molecule has 3 aliphatic heterocycles. The molecule has 0 spiro atoms. The molecule has 2 atom stereocenters. The lowest BCUT2D eigenvalue weighted by atomic mass is 10.1. The average molecular weight is 372 g/mol. The highest BCUT2D eigenvalue weighted by Crippen LogP contribution is 2.27. The number of fused-ring (bicyclic) bond motifs is 1. The van der Waals surface area contributed by atoms with Gasteiger partial charge >= 0.3 is 0 Å². The Morgan fingerprint density at radius 3 is 2.70 bits per heavy atom. The maximum atomic E-state index is 12.5. The number of amides is 1. The zero-order valence-electron chi connectivity index (χ0n) is 15.9. The zero-order chi connectivity index (χ0) is 18.6. The van der Waals surface area contributed by atoms with E-state index in [9.17, 15) is 4.79 Å². The lowest BCUT2D eigenvalue weighted by Gasteiger charge is -2.37. The second-order valence-corrected chi connectivity index (χ2v) is 7.29. The van der Waals surface area contributed by atoms with Crippen molar-refractivity contribution in [1.82, 2.24) is 15.1 Å². The fraction of sp³-hybridized carbons (Fsp3) is 0.600. The van der Waals surface area contributed by atoms with Gasteiger partial charge in [-0.05, 0) is 24.5 Å². The van der Waals surface area contributed by atoms with Crippen molar-refractivity contribution < 1.29 is 14.3 Å². The van der Waals surface area contributed by atoms with Crippen LogP contribution in [0.4, 0.5) is 0 Å². The molecular weight excluding hydrogens is 344 g/mol. The van der Waals surface area contributed by atoms with E-state index in [0.717, 1.165) is 50.6 Å². The van der Waals surface area contributed by atoms with E-state index >= 15 is 0 Å². The highest BCUT2D eigenvalue weighted by atomic mass is 16.5. The van der Waals surface area contributed by atoms with Crippen LogP contribution in [-0.4, -0.2) is 80.3 Å². The average Bonchev–Trinajstić information content (AvgIpc) is 3.38. The summed E-state index contributed by atoms with van der Waals surface area (Å²) in [4.78, 5) is 21.0. The zero-order valence-corrected chi connectivity index (χ0v) is 15.9. The first-order valence-electron chi connectivity index (χ1n) is 9.85. The van der Waals surface area contributed by atoms with Crippen molar-refractivity contribution in [2.24, 2.45) is 4.99 Å². The Labute approximate surface area is 160 Å². The number of aliphatic imine (C=N–C) groups is 1. The summed E-state index contributed by atoms with van der Waals surface area (Å²) in [5, 5.41) is 3.44. The molecule has 3 aliphatic rings. The first kappa shape index (κ1) is 18.1. The van der Waals surface area contributed by atoms with Crippen LogP contribution >= 0.6 is 0 Å². The van der Waals surface area contributed by atoms with Gasteiger partial charge in [0.25, 0.3) is 5.91 Å². The summed E-state index contributed by atoms with van der Waals surface area (Å²) >= 11 is 0. The summed E-state index contributed by atoms with van der Waals surface area (Å²) in [6.45, 7) is 4.42. The number of piperazine rings is 1. The number of rotatable bonds is 3. The van der Waals surface area contributed by atoms with Gasteiger partial charge in [0.2, 0.25) is 0 Å². The van der Waals surface area contributed by atoms with Crippen LogP contribution in [0.3, 0.4) is 0 Å². The molecule has 1 aromatic carbocycles. The topological polar surface area (TPSA) is 66.4 Å². The molecule has 7 heteroatoms. The molecule has 0 radical (unpaired) electrons. The summed E-state index contributed by atoms with van der Waals surface area (Å²) in [5.74, 6) is 2.01. The minimum absolute atomic E-state index is 0.126. The molecule has 0 aromatic heterocycles. The molecule has 146 valence electrons. The van der Waals surface area contributed by atoms with E-state index in [-0.39, 0.29) is 18.1 Å². The van der Waals surface area contributed by atoms with Gasteiger partial charge in [-0.15, -0.1) is 0 Å². The van der Waals surface area contributed by atoms with Crippen molar-refractivity contribution in [2.75, 3.05) is 46.4 Å². The van der Waals surface area contributed by atoms with Crippen LogP contribution in [0.5, 0.6) is 5.75 Å². The molecule has 0 bridgehead atoms. The van der Waals surface area contributed by atoms with Gasteiger partial charge in [0.15, 0.2) is 5.96 Å². The standard InChI is InChI=1S/C20H28N4O3/c1-21-20(22-14-16-13-15-5-2-3-6-17(15)27-16)24-10-8-23(9-11-24)19(25)18-7-4-12-26-18/h2-3,5-6,16,18H,4,7-14H2,1H3,(H,21,22). The third-order valence-corrected chi connectivity index (χ3v) is 5.51. The van der Waals surface area contributed by atoms with E-state index in [1.807, 2.05) is 23.1 Å². The van der Waals surface area contributed by atoms with Crippen LogP contribution in [0.25, 0.3) is 0 Å². The van der Waals surface area contributed by atoms with Gasteiger partial charge < -0.3 is 24.6 Å². The molecule has 2 saturated heterocycles. The van der Waals surface area contributed by atoms with E-state index in [4.69, 9.17) is 9.47 Å². The molecule has 1 N–H and O–H groups in total. The summed E-state index contributed by atoms with van der Waals surface area (Å²) < 4.78 is 11.5. The third-order valence-electron chi connectivity index (χ3n) is 5.51. The number of para-hydroxylation sites is 1. The number of nitrogens with zero attached hydrogens (tertiary/aromatic N) is 3. The van der Waals surface area contributed by atoms with Crippen LogP contribution in [0.1, 0.15) is 18.4 Å². The smallest absolute Gasteiger partial charge is 0.251 e. The monoisotopic (exact) mass is 372 g/mol. The molecule has 27 heavy (non-hydrogen) atoms. The molecule has 2 unspecified atom stereocenters. The van der Waals surface area contributed by atoms with Crippen LogP contribution < -0.4 is 10.1 Å². The van der Waals surface area contributed by atoms with E-state index in [1.54, 1.807) is 7.05 Å². The van der Waals surface area contributed by atoms with Gasteiger partial charge in [-0.1, -0.05) is 18.2 Å². The number of benzene rings is 1. The van der Waals surface area contributed by atoms with Gasteiger partial charge in [-0.25, -0.2) is 0 Å². The van der Waals surface area contributed by atoms with Crippen molar-refractivity contribution >= 4 is 11.9 Å². The number of carbonyl (C=O) groups excluding carboxylic acids is 1. The molecule has 1 aromatic rings. The molecule has 4 rings (SSSR count). The Kier molecular flexibility index (Phi) is 5.48. The second kappa shape index (κ2) is 8.17. The number of nitrogens with one attached hydrogen (secondary N) is 1. The number of ether oxygens (including phenoxy) is 2. The van der Waals surface area contributed by atoms with Crippen LogP contribution in [-0.2, 0) is 16.0 Å². The molecule has 0 aliphatic carbocycles.